The first kappa shape index (κ1) is 30.1. The van der Waals surface area contributed by atoms with Crippen LogP contribution < -0.4 is 0 Å². The van der Waals surface area contributed by atoms with Crippen molar-refractivity contribution in [3.63, 3.8) is 0 Å². The van der Waals surface area contributed by atoms with Crippen molar-refractivity contribution >= 4 is 43.5 Å². The van der Waals surface area contributed by atoms with E-state index in [1.165, 1.54) is 4.70 Å². The van der Waals surface area contributed by atoms with E-state index in [2.05, 4.69) is 115 Å². The van der Waals surface area contributed by atoms with Crippen LogP contribution in [0.2, 0.25) is 0 Å². The molecular weight excluding hydrogens is 657 g/mol. The molecule has 10 aromatic rings. The molecule has 0 unspecified atom stereocenters. The summed E-state index contributed by atoms with van der Waals surface area (Å²) in [6, 6.07) is 58.2. The fourth-order valence-electron chi connectivity index (χ4n) is 6.80. The lowest BCUT2D eigenvalue weighted by atomic mass is 9.99. The van der Waals surface area contributed by atoms with Crippen LogP contribution in [0.1, 0.15) is 0 Å². The summed E-state index contributed by atoms with van der Waals surface area (Å²) >= 11 is 1.71. The molecule has 10 rings (SSSR count). The van der Waals surface area contributed by atoms with Gasteiger partial charge in [0.2, 0.25) is 0 Å². The molecule has 0 N–H and O–H groups in total. The molecule has 0 atom stereocenters. The van der Waals surface area contributed by atoms with E-state index in [1.54, 1.807) is 11.3 Å². The minimum atomic E-state index is 0.590. The minimum absolute atomic E-state index is 0.590. The van der Waals surface area contributed by atoms with Gasteiger partial charge in [0, 0.05) is 33.0 Å². The molecule has 0 radical (unpaired) electrons. The smallest absolute Gasteiger partial charge is 0.164 e. The van der Waals surface area contributed by atoms with Crippen molar-refractivity contribution in [1.82, 2.24) is 19.9 Å². The molecule has 6 heteroatoms. The summed E-state index contributed by atoms with van der Waals surface area (Å²) < 4.78 is 7.62. The minimum Gasteiger partial charge on any atom is -0.456 e. The fraction of sp³-hybridized carbons (Fsp3) is 0. The third-order valence-electron chi connectivity index (χ3n) is 9.39. The van der Waals surface area contributed by atoms with Gasteiger partial charge in [0.25, 0.3) is 0 Å². The Morgan fingerprint density at radius 3 is 1.75 bits per heavy atom. The number of rotatable bonds is 6. The Kier molecular flexibility index (Phi) is 7.25. The van der Waals surface area contributed by atoms with Crippen LogP contribution in [0.4, 0.5) is 0 Å². The van der Waals surface area contributed by atoms with Crippen molar-refractivity contribution in [3.05, 3.63) is 170 Å². The standard InChI is InChI=1S/C46H28N4OS/c1-3-11-29(12-4-1)30-21-23-32(24-22-30)44-48-43(31-13-5-2-6-14-31)49-45(50-44)36-17-10-19-40-42(36)37-28-34(25-26-39(37)51-40)33-15-9-16-35(27-33)46-47-38-18-7-8-20-41(38)52-46/h1-28H. The molecule has 3 aromatic heterocycles. The molecule has 0 aliphatic rings. The number of benzene rings is 7. The largest absolute Gasteiger partial charge is 0.456 e. The van der Waals surface area contributed by atoms with Crippen LogP contribution in [0, 0.1) is 0 Å². The Morgan fingerprint density at radius 1 is 0.385 bits per heavy atom. The van der Waals surface area contributed by atoms with Crippen molar-refractivity contribution in [3.8, 4) is 67.0 Å². The molecule has 52 heavy (non-hydrogen) atoms. The van der Waals surface area contributed by atoms with Crippen molar-refractivity contribution < 1.29 is 4.42 Å². The SMILES string of the molecule is c1ccc(-c2ccc(-c3nc(-c4ccccc4)nc(-c4cccc5oc6ccc(-c7cccc(-c8nc9ccccc9s8)c7)cc6c45)n3)cc2)cc1. The zero-order valence-electron chi connectivity index (χ0n) is 27.8. The number of para-hydroxylation sites is 1. The maximum atomic E-state index is 6.44. The van der Waals surface area contributed by atoms with E-state index < -0.39 is 0 Å². The Labute approximate surface area is 303 Å². The van der Waals surface area contributed by atoms with Crippen LogP contribution in [-0.2, 0) is 0 Å². The lowest BCUT2D eigenvalue weighted by Gasteiger charge is -2.10. The Morgan fingerprint density at radius 2 is 0.962 bits per heavy atom. The van der Waals surface area contributed by atoms with E-state index in [9.17, 15) is 0 Å². The zero-order valence-corrected chi connectivity index (χ0v) is 28.6. The maximum Gasteiger partial charge on any atom is 0.164 e. The number of hydrogen-bond acceptors (Lipinski definition) is 6. The second-order valence-electron chi connectivity index (χ2n) is 12.7. The summed E-state index contributed by atoms with van der Waals surface area (Å²) in [6.07, 6.45) is 0. The summed E-state index contributed by atoms with van der Waals surface area (Å²) in [7, 11) is 0. The van der Waals surface area contributed by atoms with Gasteiger partial charge in [0.1, 0.15) is 16.2 Å². The van der Waals surface area contributed by atoms with Crippen molar-refractivity contribution in [2.24, 2.45) is 0 Å². The monoisotopic (exact) mass is 684 g/mol. The van der Waals surface area contributed by atoms with Gasteiger partial charge in [-0.15, -0.1) is 11.3 Å². The number of hydrogen-bond donors (Lipinski definition) is 0. The summed E-state index contributed by atoms with van der Waals surface area (Å²) in [5.41, 5.74) is 10.9. The van der Waals surface area contributed by atoms with E-state index in [0.717, 1.165) is 77.0 Å². The Balaban J connectivity index is 1.10. The number of aromatic nitrogens is 4. The highest BCUT2D eigenvalue weighted by Crippen LogP contribution is 2.39. The highest BCUT2D eigenvalue weighted by Gasteiger charge is 2.19. The Bertz CT molecular complexity index is 2860. The first-order valence-electron chi connectivity index (χ1n) is 17.1. The lowest BCUT2D eigenvalue weighted by Crippen LogP contribution is -2.00. The predicted octanol–water partition coefficient (Wildman–Crippen LogP) is 12.4. The van der Waals surface area contributed by atoms with E-state index in [1.807, 2.05) is 54.6 Å². The molecule has 0 spiro atoms. The van der Waals surface area contributed by atoms with Gasteiger partial charge >= 0.3 is 0 Å². The molecule has 0 aliphatic carbocycles. The van der Waals surface area contributed by atoms with Crippen molar-refractivity contribution in [1.29, 1.82) is 0 Å². The number of thiazole rings is 1. The summed E-state index contributed by atoms with van der Waals surface area (Å²) in [5, 5.41) is 2.98. The first-order chi connectivity index (χ1) is 25.7. The van der Waals surface area contributed by atoms with E-state index >= 15 is 0 Å². The van der Waals surface area contributed by atoms with E-state index in [4.69, 9.17) is 24.4 Å². The molecule has 0 saturated heterocycles. The third kappa shape index (κ3) is 5.43. The lowest BCUT2D eigenvalue weighted by molar-refractivity contribution is 0.669. The van der Waals surface area contributed by atoms with E-state index in [0.29, 0.717) is 17.5 Å². The second-order valence-corrected chi connectivity index (χ2v) is 13.7. The average molecular weight is 685 g/mol. The molecule has 0 saturated carbocycles. The molecule has 0 amide bonds. The van der Waals surface area contributed by atoms with Crippen LogP contribution in [0.15, 0.2) is 174 Å². The average Bonchev–Trinajstić information content (AvgIpc) is 3.83. The van der Waals surface area contributed by atoms with Gasteiger partial charge in [-0.05, 0) is 58.7 Å². The topological polar surface area (TPSA) is 64.7 Å². The van der Waals surface area contributed by atoms with Gasteiger partial charge in [-0.1, -0.05) is 133 Å². The van der Waals surface area contributed by atoms with Crippen molar-refractivity contribution in [2.45, 2.75) is 0 Å². The van der Waals surface area contributed by atoms with Crippen LogP contribution in [0.3, 0.4) is 0 Å². The summed E-state index contributed by atoms with van der Waals surface area (Å²) in [4.78, 5) is 20.1. The molecule has 244 valence electrons. The number of fused-ring (bicyclic) bond motifs is 4. The normalized spacial score (nSPS) is 11.5. The van der Waals surface area contributed by atoms with Gasteiger partial charge in [0.05, 0.1) is 10.2 Å². The van der Waals surface area contributed by atoms with Crippen LogP contribution in [0.5, 0.6) is 0 Å². The van der Waals surface area contributed by atoms with Gasteiger partial charge in [-0.3, -0.25) is 0 Å². The first-order valence-corrected chi connectivity index (χ1v) is 17.9. The van der Waals surface area contributed by atoms with Crippen LogP contribution >= 0.6 is 11.3 Å². The van der Waals surface area contributed by atoms with Crippen LogP contribution in [0.25, 0.3) is 99.1 Å². The maximum absolute atomic E-state index is 6.44. The molecule has 0 bridgehead atoms. The van der Waals surface area contributed by atoms with E-state index in [-0.39, 0.29) is 0 Å². The van der Waals surface area contributed by atoms with Gasteiger partial charge in [0.15, 0.2) is 17.5 Å². The van der Waals surface area contributed by atoms with Crippen molar-refractivity contribution in [2.75, 3.05) is 0 Å². The predicted molar refractivity (Wildman–Crippen MR) is 213 cm³/mol. The highest BCUT2D eigenvalue weighted by molar-refractivity contribution is 7.21. The fourth-order valence-corrected chi connectivity index (χ4v) is 7.77. The molecule has 0 aliphatic heterocycles. The summed E-state index contributed by atoms with van der Waals surface area (Å²) in [6.45, 7) is 0. The molecule has 3 heterocycles. The van der Waals surface area contributed by atoms with Gasteiger partial charge in [-0.25, -0.2) is 19.9 Å². The molecule has 0 fully saturated rings. The third-order valence-corrected chi connectivity index (χ3v) is 10.5. The highest BCUT2D eigenvalue weighted by atomic mass is 32.1. The van der Waals surface area contributed by atoms with Gasteiger partial charge in [-0.2, -0.15) is 0 Å². The second kappa shape index (κ2) is 12.5. The van der Waals surface area contributed by atoms with Crippen LogP contribution in [-0.4, -0.2) is 19.9 Å². The number of nitrogens with zero attached hydrogens (tertiary/aromatic N) is 4. The summed E-state index contributed by atoms with van der Waals surface area (Å²) in [5.74, 6) is 1.82. The molecule has 5 nitrogen and oxygen atoms in total. The van der Waals surface area contributed by atoms with Gasteiger partial charge < -0.3 is 4.42 Å². The zero-order chi connectivity index (χ0) is 34.4. The molecular formula is C46H28N4OS. The molecule has 7 aromatic carbocycles. The Hall–Kier alpha value is -6.76. The quantitative estimate of drug-likeness (QED) is 0.174. The number of furan rings is 1.